The lowest BCUT2D eigenvalue weighted by Gasteiger charge is -2.31. The average molecular weight is 326 g/mol. The highest BCUT2D eigenvalue weighted by atomic mass is 16.5. The van der Waals surface area contributed by atoms with Crippen molar-refractivity contribution in [2.45, 2.75) is 25.5 Å². The summed E-state index contributed by atoms with van der Waals surface area (Å²) >= 11 is 0. The van der Waals surface area contributed by atoms with Crippen molar-refractivity contribution in [3.8, 4) is 0 Å². The van der Waals surface area contributed by atoms with Gasteiger partial charge in [0, 0.05) is 32.1 Å². The smallest absolute Gasteiger partial charge is 0.256 e. The lowest BCUT2D eigenvalue weighted by atomic mass is 9.96. The molecule has 0 bridgehead atoms. The molecule has 0 aliphatic carbocycles. The molecule has 1 atom stereocenters. The Bertz CT molecular complexity index is 675. The third kappa shape index (κ3) is 3.80. The van der Waals surface area contributed by atoms with Crippen molar-refractivity contribution in [2.24, 2.45) is 0 Å². The van der Waals surface area contributed by atoms with Crippen LogP contribution in [0.4, 0.5) is 0 Å². The summed E-state index contributed by atoms with van der Waals surface area (Å²) in [5.41, 5.74) is 3.14. The average Bonchev–Trinajstić information content (AvgIpc) is 2.65. The molecule has 0 saturated heterocycles. The van der Waals surface area contributed by atoms with E-state index >= 15 is 0 Å². The minimum Gasteiger partial charge on any atom is -0.396 e. The predicted octanol–water partition coefficient (Wildman–Crippen LogP) is 2.11. The second-order valence-electron chi connectivity index (χ2n) is 5.89. The molecule has 2 aromatic rings. The van der Waals surface area contributed by atoms with Gasteiger partial charge in [-0.2, -0.15) is 0 Å². The van der Waals surface area contributed by atoms with E-state index in [2.05, 4.69) is 11.1 Å². The number of carbonyl (C=O) groups is 1. The SMILES string of the molecule is O=C(C1OCCc2ccccc21)N(CCCO)Cc1ccncc1. The molecule has 0 saturated carbocycles. The molecule has 24 heavy (non-hydrogen) atoms. The summed E-state index contributed by atoms with van der Waals surface area (Å²) in [6.07, 6.45) is 4.26. The van der Waals surface area contributed by atoms with E-state index in [1.165, 1.54) is 5.56 Å². The summed E-state index contributed by atoms with van der Waals surface area (Å²) in [6.45, 7) is 1.60. The van der Waals surface area contributed by atoms with Crippen molar-refractivity contribution in [1.29, 1.82) is 0 Å². The molecule has 1 aromatic heterocycles. The Kier molecular flexibility index (Phi) is 5.56. The number of ether oxygens (including phenoxy) is 1. The van der Waals surface area contributed by atoms with Crippen LogP contribution in [0.2, 0.25) is 0 Å². The highest BCUT2D eigenvalue weighted by molar-refractivity contribution is 5.83. The highest BCUT2D eigenvalue weighted by Crippen LogP contribution is 2.29. The number of aliphatic hydroxyl groups is 1. The van der Waals surface area contributed by atoms with Crippen LogP contribution in [0.5, 0.6) is 0 Å². The third-order valence-corrected chi connectivity index (χ3v) is 4.24. The highest BCUT2D eigenvalue weighted by Gasteiger charge is 2.30. The van der Waals surface area contributed by atoms with Crippen molar-refractivity contribution in [3.05, 3.63) is 65.5 Å². The van der Waals surface area contributed by atoms with Gasteiger partial charge in [-0.1, -0.05) is 24.3 Å². The molecule has 1 amide bonds. The van der Waals surface area contributed by atoms with E-state index in [0.29, 0.717) is 26.1 Å². The maximum Gasteiger partial charge on any atom is 0.256 e. The van der Waals surface area contributed by atoms with Gasteiger partial charge in [0.25, 0.3) is 5.91 Å². The number of aliphatic hydroxyl groups excluding tert-OH is 1. The summed E-state index contributed by atoms with van der Waals surface area (Å²) in [4.78, 5) is 18.8. The van der Waals surface area contributed by atoms with Crippen molar-refractivity contribution in [2.75, 3.05) is 19.8 Å². The number of benzene rings is 1. The molecule has 0 fully saturated rings. The van der Waals surface area contributed by atoms with E-state index in [1.54, 1.807) is 17.3 Å². The molecule has 3 rings (SSSR count). The zero-order chi connectivity index (χ0) is 16.8. The number of rotatable bonds is 6. The molecule has 126 valence electrons. The predicted molar refractivity (Wildman–Crippen MR) is 90.2 cm³/mol. The first-order chi connectivity index (χ1) is 11.8. The number of hydrogen-bond donors (Lipinski definition) is 1. The van der Waals surface area contributed by atoms with Gasteiger partial charge in [-0.3, -0.25) is 9.78 Å². The number of amides is 1. The van der Waals surface area contributed by atoms with Gasteiger partial charge in [0.05, 0.1) is 6.61 Å². The van der Waals surface area contributed by atoms with Gasteiger partial charge in [0.15, 0.2) is 6.10 Å². The van der Waals surface area contributed by atoms with E-state index in [9.17, 15) is 4.79 Å². The molecule has 1 aliphatic heterocycles. The minimum atomic E-state index is -0.560. The Labute approximate surface area is 141 Å². The molecule has 5 heteroatoms. The fraction of sp³-hybridized carbons (Fsp3) is 0.368. The van der Waals surface area contributed by atoms with Crippen molar-refractivity contribution < 1.29 is 14.6 Å². The Morgan fingerprint density at radius 3 is 2.83 bits per heavy atom. The van der Waals surface area contributed by atoms with Crippen molar-refractivity contribution in [3.63, 3.8) is 0 Å². The second kappa shape index (κ2) is 8.04. The summed E-state index contributed by atoms with van der Waals surface area (Å²) < 4.78 is 5.80. The Morgan fingerprint density at radius 2 is 2.04 bits per heavy atom. The van der Waals surface area contributed by atoms with Crippen LogP contribution in [0.3, 0.4) is 0 Å². The van der Waals surface area contributed by atoms with E-state index < -0.39 is 6.10 Å². The van der Waals surface area contributed by atoms with Crippen molar-refractivity contribution >= 4 is 5.91 Å². The van der Waals surface area contributed by atoms with Gasteiger partial charge in [0.1, 0.15) is 0 Å². The number of hydrogen-bond acceptors (Lipinski definition) is 4. The van der Waals surface area contributed by atoms with Crippen LogP contribution in [0.25, 0.3) is 0 Å². The molecule has 1 aromatic carbocycles. The lowest BCUT2D eigenvalue weighted by Crippen LogP contribution is -2.38. The molecule has 0 spiro atoms. The largest absolute Gasteiger partial charge is 0.396 e. The maximum atomic E-state index is 13.1. The molecule has 1 aliphatic rings. The van der Waals surface area contributed by atoms with Gasteiger partial charge in [0.2, 0.25) is 0 Å². The number of fused-ring (bicyclic) bond motifs is 1. The number of nitrogens with zero attached hydrogens (tertiary/aromatic N) is 2. The Morgan fingerprint density at radius 1 is 1.25 bits per heavy atom. The first kappa shape index (κ1) is 16.6. The summed E-state index contributed by atoms with van der Waals surface area (Å²) in [5, 5.41) is 9.15. The molecular formula is C19H22N2O3. The molecule has 1 unspecified atom stereocenters. The molecule has 2 heterocycles. The molecular weight excluding hydrogens is 304 g/mol. The third-order valence-electron chi connectivity index (χ3n) is 4.24. The maximum absolute atomic E-state index is 13.1. The van der Waals surface area contributed by atoms with Gasteiger partial charge >= 0.3 is 0 Å². The van der Waals surface area contributed by atoms with Crippen molar-refractivity contribution in [1.82, 2.24) is 9.88 Å². The molecule has 1 N–H and O–H groups in total. The van der Waals surface area contributed by atoms with Gasteiger partial charge in [-0.15, -0.1) is 0 Å². The van der Waals surface area contributed by atoms with Crippen LogP contribution in [0.1, 0.15) is 29.2 Å². The van der Waals surface area contributed by atoms with E-state index in [4.69, 9.17) is 9.84 Å². The van der Waals surface area contributed by atoms with Gasteiger partial charge in [-0.05, 0) is 41.7 Å². The van der Waals surface area contributed by atoms with Gasteiger partial charge < -0.3 is 14.7 Å². The fourth-order valence-corrected chi connectivity index (χ4v) is 3.00. The quantitative estimate of drug-likeness (QED) is 0.883. The molecule has 0 radical (unpaired) electrons. The number of pyridine rings is 1. The minimum absolute atomic E-state index is 0.0487. The van der Waals surface area contributed by atoms with Crippen LogP contribution in [-0.2, 0) is 22.5 Å². The molecule has 5 nitrogen and oxygen atoms in total. The van der Waals surface area contributed by atoms with Crippen LogP contribution in [0.15, 0.2) is 48.8 Å². The number of carbonyl (C=O) groups excluding carboxylic acids is 1. The van der Waals surface area contributed by atoms with E-state index in [1.807, 2.05) is 30.3 Å². The van der Waals surface area contributed by atoms with E-state index in [-0.39, 0.29) is 12.5 Å². The lowest BCUT2D eigenvalue weighted by molar-refractivity contribution is -0.146. The monoisotopic (exact) mass is 326 g/mol. The zero-order valence-corrected chi connectivity index (χ0v) is 13.6. The van der Waals surface area contributed by atoms with Crippen LogP contribution in [0, 0.1) is 0 Å². The Hall–Kier alpha value is -2.24. The van der Waals surface area contributed by atoms with E-state index in [0.717, 1.165) is 17.5 Å². The second-order valence-corrected chi connectivity index (χ2v) is 5.89. The van der Waals surface area contributed by atoms with Crippen LogP contribution >= 0.6 is 0 Å². The van der Waals surface area contributed by atoms with Crippen LogP contribution in [-0.4, -0.2) is 40.7 Å². The first-order valence-corrected chi connectivity index (χ1v) is 8.27. The summed E-state index contributed by atoms with van der Waals surface area (Å²) in [6, 6.07) is 11.7. The fourth-order valence-electron chi connectivity index (χ4n) is 3.00. The Balaban J connectivity index is 1.81. The summed E-state index contributed by atoms with van der Waals surface area (Å²) in [5.74, 6) is -0.0487. The summed E-state index contributed by atoms with van der Waals surface area (Å²) in [7, 11) is 0. The zero-order valence-electron chi connectivity index (χ0n) is 13.6. The normalized spacial score (nSPS) is 16.5. The first-order valence-electron chi connectivity index (χ1n) is 8.27. The topological polar surface area (TPSA) is 62.7 Å². The number of aromatic nitrogens is 1. The standard InChI is InChI=1S/C19H22N2O3/c22-12-3-11-21(14-15-6-9-20-10-7-15)19(23)18-17-5-2-1-4-16(17)8-13-24-18/h1-2,4-7,9-10,18,22H,3,8,11-14H2. The van der Waals surface area contributed by atoms with Crippen LogP contribution < -0.4 is 0 Å². The van der Waals surface area contributed by atoms with Gasteiger partial charge in [-0.25, -0.2) is 0 Å².